The summed E-state index contributed by atoms with van der Waals surface area (Å²) in [6, 6.07) is 6.08. The van der Waals surface area contributed by atoms with Gasteiger partial charge >= 0.3 is 0 Å². The van der Waals surface area contributed by atoms with E-state index in [2.05, 4.69) is 32.3 Å². The minimum atomic E-state index is 0. The summed E-state index contributed by atoms with van der Waals surface area (Å²) in [4.78, 5) is 4.42. The number of thioether (sulfide) groups is 1. The monoisotopic (exact) mass is 322 g/mol. The van der Waals surface area contributed by atoms with Crippen LogP contribution in [0.2, 0.25) is 0 Å². The molecule has 2 heterocycles. The number of piperidine rings is 1. The lowest BCUT2D eigenvalue weighted by atomic mass is 10.0. The average molecular weight is 324 g/mol. The standard InChI is InChI=1S/C11H15BrN2S.ClH/c12-10-4-1-5-11(14-10)15-8-9-3-2-6-13-7-9;/h1,4-5,9,13H,2-3,6-8H2;1H. The van der Waals surface area contributed by atoms with Crippen LogP contribution in [0.15, 0.2) is 27.8 Å². The molecule has 0 spiro atoms. The van der Waals surface area contributed by atoms with Gasteiger partial charge in [0.1, 0.15) is 4.60 Å². The van der Waals surface area contributed by atoms with Crippen molar-refractivity contribution in [3.63, 3.8) is 0 Å². The first-order valence-corrected chi connectivity index (χ1v) is 7.08. The summed E-state index contributed by atoms with van der Waals surface area (Å²) in [5.41, 5.74) is 0. The highest BCUT2D eigenvalue weighted by molar-refractivity contribution is 9.10. The van der Waals surface area contributed by atoms with Crippen LogP contribution in [0.3, 0.4) is 0 Å². The Labute approximate surface area is 116 Å². The number of pyridine rings is 1. The average Bonchev–Trinajstić information content (AvgIpc) is 2.28. The number of halogens is 2. The molecule has 90 valence electrons. The van der Waals surface area contributed by atoms with Crippen LogP contribution in [0.1, 0.15) is 12.8 Å². The van der Waals surface area contributed by atoms with Crippen molar-refractivity contribution in [3.05, 3.63) is 22.8 Å². The summed E-state index contributed by atoms with van der Waals surface area (Å²) < 4.78 is 0.925. The van der Waals surface area contributed by atoms with Gasteiger partial charge in [-0.3, -0.25) is 0 Å². The molecule has 1 unspecified atom stereocenters. The number of rotatable bonds is 3. The van der Waals surface area contributed by atoms with Gasteiger partial charge in [0.05, 0.1) is 5.03 Å². The van der Waals surface area contributed by atoms with Crippen molar-refractivity contribution >= 4 is 40.1 Å². The molecule has 1 saturated heterocycles. The van der Waals surface area contributed by atoms with Gasteiger partial charge in [-0.1, -0.05) is 6.07 Å². The highest BCUT2D eigenvalue weighted by Crippen LogP contribution is 2.23. The van der Waals surface area contributed by atoms with E-state index in [4.69, 9.17) is 0 Å². The molecule has 1 aromatic heterocycles. The summed E-state index contributed by atoms with van der Waals surface area (Å²) >= 11 is 5.25. The van der Waals surface area contributed by atoms with Crippen molar-refractivity contribution < 1.29 is 0 Å². The van der Waals surface area contributed by atoms with Crippen LogP contribution in [0.4, 0.5) is 0 Å². The molecule has 2 rings (SSSR count). The molecular formula is C11H16BrClN2S. The number of nitrogens with one attached hydrogen (secondary N) is 1. The van der Waals surface area contributed by atoms with Crippen LogP contribution in [0.25, 0.3) is 0 Å². The first kappa shape index (κ1) is 14.3. The molecule has 0 saturated carbocycles. The predicted molar refractivity (Wildman–Crippen MR) is 75.5 cm³/mol. The van der Waals surface area contributed by atoms with E-state index in [0.29, 0.717) is 0 Å². The van der Waals surface area contributed by atoms with Gasteiger partial charge in [0.15, 0.2) is 0 Å². The lowest BCUT2D eigenvalue weighted by Gasteiger charge is -2.21. The van der Waals surface area contributed by atoms with Crippen LogP contribution in [-0.2, 0) is 0 Å². The molecule has 16 heavy (non-hydrogen) atoms. The van der Waals surface area contributed by atoms with Gasteiger partial charge in [0.2, 0.25) is 0 Å². The van der Waals surface area contributed by atoms with E-state index >= 15 is 0 Å². The van der Waals surface area contributed by atoms with E-state index in [1.807, 2.05) is 23.9 Å². The molecule has 1 aromatic rings. The third-order valence-electron chi connectivity index (χ3n) is 2.56. The number of nitrogens with zero attached hydrogens (tertiary/aromatic N) is 1. The maximum atomic E-state index is 4.42. The zero-order chi connectivity index (χ0) is 10.5. The number of hydrogen-bond acceptors (Lipinski definition) is 3. The van der Waals surface area contributed by atoms with Gasteiger partial charge in [-0.05, 0) is 59.9 Å². The third kappa shape index (κ3) is 4.62. The van der Waals surface area contributed by atoms with Gasteiger partial charge in [-0.15, -0.1) is 24.2 Å². The summed E-state index contributed by atoms with van der Waals surface area (Å²) in [7, 11) is 0. The molecule has 1 atom stereocenters. The zero-order valence-corrected chi connectivity index (χ0v) is 12.2. The van der Waals surface area contributed by atoms with E-state index in [1.165, 1.54) is 31.7 Å². The fourth-order valence-corrected chi connectivity index (χ4v) is 3.23. The normalized spacial score (nSPS) is 20.2. The Kier molecular flexibility index (Phi) is 6.73. The molecule has 1 aliphatic rings. The topological polar surface area (TPSA) is 24.9 Å². The number of aromatic nitrogens is 1. The van der Waals surface area contributed by atoms with E-state index < -0.39 is 0 Å². The van der Waals surface area contributed by atoms with Gasteiger partial charge in [-0.2, -0.15) is 0 Å². The molecule has 0 aromatic carbocycles. The third-order valence-corrected chi connectivity index (χ3v) is 4.16. The SMILES string of the molecule is Brc1cccc(SCC2CCCNC2)n1.Cl. The van der Waals surface area contributed by atoms with E-state index in [0.717, 1.165) is 15.5 Å². The zero-order valence-electron chi connectivity index (χ0n) is 8.99. The smallest absolute Gasteiger partial charge is 0.107 e. The minimum Gasteiger partial charge on any atom is -0.316 e. The van der Waals surface area contributed by atoms with Crippen LogP contribution in [0.5, 0.6) is 0 Å². The maximum Gasteiger partial charge on any atom is 0.107 e. The van der Waals surface area contributed by atoms with Crippen LogP contribution in [0, 0.1) is 5.92 Å². The Bertz CT molecular complexity index is 319. The van der Waals surface area contributed by atoms with Crippen molar-refractivity contribution in [2.75, 3.05) is 18.8 Å². The van der Waals surface area contributed by atoms with Crippen molar-refractivity contribution in [2.24, 2.45) is 5.92 Å². The quantitative estimate of drug-likeness (QED) is 0.682. The summed E-state index contributed by atoms with van der Waals surface area (Å²) in [6.45, 7) is 2.36. The Hall–Kier alpha value is 0.230. The largest absolute Gasteiger partial charge is 0.316 e. The van der Waals surface area contributed by atoms with Gasteiger partial charge in [0.25, 0.3) is 0 Å². The van der Waals surface area contributed by atoms with Crippen molar-refractivity contribution in [3.8, 4) is 0 Å². The summed E-state index contributed by atoms with van der Waals surface area (Å²) in [5, 5.41) is 4.56. The van der Waals surface area contributed by atoms with Gasteiger partial charge in [-0.25, -0.2) is 4.98 Å². The first-order valence-electron chi connectivity index (χ1n) is 5.30. The molecule has 0 amide bonds. The van der Waals surface area contributed by atoms with Crippen LogP contribution < -0.4 is 5.32 Å². The highest BCUT2D eigenvalue weighted by atomic mass is 79.9. The van der Waals surface area contributed by atoms with Crippen LogP contribution in [-0.4, -0.2) is 23.8 Å². The molecule has 5 heteroatoms. The molecular weight excluding hydrogens is 308 g/mol. The van der Waals surface area contributed by atoms with Gasteiger partial charge < -0.3 is 5.32 Å². The summed E-state index contributed by atoms with van der Waals surface area (Å²) in [6.07, 6.45) is 2.67. The Morgan fingerprint density at radius 2 is 2.38 bits per heavy atom. The second kappa shape index (κ2) is 7.54. The fourth-order valence-electron chi connectivity index (χ4n) is 1.74. The lowest BCUT2D eigenvalue weighted by molar-refractivity contribution is 0.410. The molecule has 0 bridgehead atoms. The van der Waals surface area contributed by atoms with E-state index in [1.54, 1.807) is 0 Å². The second-order valence-electron chi connectivity index (χ2n) is 3.82. The minimum absolute atomic E-state index is 0. The fraction of sp³-hybridized carbons (Fsp3) is 0.545. The Morgan fingerprint density at radius 3 is 3.06 bits per heavy atom. The summed E-state index contributed by atoms with van der Waals surface area (Å²) in [5.74, 6) is 1.99. The molecule has 2 nitrogen and oxygen atoms in total. The van der Waals surface area contributed by atoms with E-state index in [-0.39, 0.29) is 12.4 Å². The Balaban J connectivity index is 0.00000128. The predicted octanol–water partition coefficient (Wildman–Crippen LogP) is 3.36. The second-order valence-corrected chi connectivity index (χ2v) is 5.67. The van der Waals surface area contributed by atoms with E-state index in [9.17, 15) is 0 Å². The molecule has 0 aliphatic carbocycles. The van der Waals surface area contributed by atoms with Crippen molar-refractivity contribution in [1.29, 1.82) is 0 Å². The van der Waals surface area contributed by atoms with Crippen molar-refractivity contribution in [1.82, 2.24) is 10.3 Å². The maximum absolute atomic E-state index is 4.42. The van der Waals surface area contributed by atoms with Crippen molar-refractivity contribution in [2.45, 2.75) is 17.9 Å². The molecule has 1 N–H and O–H groups in total. The first-order chi connectivity index (χ1) is 7.34. The van der Waals surface area contributed by atoms with Gasteiger partial charge in [0, 0.05) is 5.75 Å². The highest BCUT2D eigenvalue weighted by Gasteiger charge is 2.13. The molecule has 1 aliphatic heterocycles. The number of hydrogen-bond donors (Lipinski definition) is 1. The van der Waals surface area contributed by atoms with Crippen LogP contribution >= 0.6 is 40.1 Å². The lowest BCUT2D eigenvalue weighted by Crippen LogP contribution is -2.30. The molecule has 0 radical (unpaired) electrons. The Morgan fingerprint density at radius 1 is 1.50 bits per heavy atom. The molecule has 1 fully saturated rings.